The maximum absolute atomic E-state index is 2.36. The first kappa shape index (κ1) is 23.6. The van der Waals surface area contributed by atoms with Gasteiger partial charge in [-0.1, -0.05) is 146 Å². The molecule has 0 unspecified atom stereocenters. The van der Waals surface area contributed by atoms with Crippen LogP contribution in [0.25, 0.3) is 22.3 Å². The molecule has 3 aromatic rings. The van der Waals surface area contributed by atoms with Crippen molar-refractivity contribution in [2.45, 2.75) is 25.7 Å². The lowest BCUT2D eigenvalue weighted by atomic mass is 9.92. The van der Waals surface area contributed by atoms with Gasteiger partial charge in [0.05, 0.1) is 0 Å². The van der Waals surface area contributed by atoms with E-state index >= 15 is 0 Å². The number of benzene rings is 3. The zero-order valence-electron chi connectivity index (χ0n) is 20.7. The Morgan fingerprint density at radius 3 is 1.72 bits per heavy atom. The summed E-state index contributed by atoms with van der Waals surface area (Å²) in [5.41, 5.74) is 7.83. The summed E-state index contributed by atoms with van der Waals surface area (Å²) in [5, 5.41) is 2.65. The Morgan fingerprint density at radius 2 is 0.972 bits per heavy atom. The molecule has 0 nitrogen and oxygen atoms in total. The van der Waals surface area contributed by atoms with Gasteiger partial charge in [-0.2, -0.15) is 0 Å². The molecular weight excluding hydrogens is 432 g/mol. The van der Waals surface area contributed by atoms with Gasteiger partial charge in [-0.15, -0.1) is 0 Å². The van der Waals surface area contributed by atoms with Crippen molar-refractivity contribution in [1.29, 1.82) is 0 Å². The lowest BCUT2D eigenvalue weighted by Gasteiger charge is -2.13. The quantitative estimate of drug-likeness (QED) is 0.368. The molecule has 0 bridgehead atoms. The molecule has 0 radical (unpaired) electrons. The summed E-state index contributed by atoms with van der Waals surface area (Å²) in [5.74, 6) is 0. The molecule has 0 amide bonds. The average molecular weight is 465 g/mol. The van der Waals surface area contributed by atoms with Crippen molar-refractivity contribution in [3.8, 4) is 11.1 Å². The smallest absolute Gasteiger partial charge is 0.00822 e. The molecule has 36 heavy (non-hydrogen) atoms. The Labute approximate surface area is 215 Å². The van der Waals surface area contributed by atoms with Gasteiger partial charge in [0.1, 0.15) is 0 Å². The molecule has 5 rings (SSSR count). The molecule has 0 aromatic heterocycles. The summed E-state index contributed by atoms with van der Waals surface area (Å²) < 4.78 is 0. The van der Waals surface area contributed by atoms with Gasteiger partial charge in [0, 0.05) is 0 Å². The van der Waals surface area contributed by atoms with E-state index in [1.165, 1.54) is 43.8 Å². The highest BCUT2D eigenvalue weighted by atomic mass is 14.1. The standard InChI is InChI=1S/C36H32/c1-2-4-9-19-31(20-10-5-3-1)33-21-13-6-7-14-22-34(36-24-16-15-23-35(33)36)32-27-25-30(26-28-32)29-17-11-8-12-18-29/h1-4,6-8,10-20,23-28H,5,9,21-22H2. The fourth-order valence-corrected chi connectivity index (χ4v) is 4.87. The molecule has 0 spiro atoms. The molecule has 0 heteroatoms. The average Bonchev–Trinajstić information content (AvgIpc) is 2.94. The van der Waals surface area contributed by atoms with E-state index in [1.807, 2.05) is 0 Å². The van der Waals surface area contributed by atoms with Crippen molar-refractivity contribution in [2.75, 3.05) is 0 Å². The molecule has 3 aromatic carbocycles. The van der Waals surface area contributed by atoms with Crippen LogP contribution in [0.15, 0.2) is 151 Å². The van der Waals surface area contributed by atoms with Crippen LogP contribution in [0, 0.1) is 0 Å². The van der Waals surface area contributed by atoms with Crippen molar-refractivity contribution in [1.82, 2.24) is 0 Å². The van der Waals surface area contributed by atoms with E-state index in [0.29, 0.717) is 0 Å². The zero-order valence-corrected chi connectivity index (χ0v) is 20.7. The highest BCUT2D eigenvalue weighted by Crippen LogP contribution is 2.24. The lowest BCUT2D eigenvalue weighted by Crippen LogP contribution is -2.30. The number of allylic oxidation sites excluding steroid dienone is 12. The van der Waals surface area contributed by atoms with Gasteiger partial charge in [0.25, 0.3) is 0 Å². The third-order valence-electron chi connectivity index (χ3n) is 6.72. The molecule has 0 heterocycles. The minimum absolute atomic E-state index is 0.891. The maximum atomic E-state index is 2.36. The second-order valence-corrected chi connectivity index (χ2v) is 9.10. The Morgan fingerprint density at radius 1 is 0.417 bits per heavy atom. The molecule has 2 aliphatic carbocycles. The van der Waals surface area contributed by atoms with Crippen LogP contribution in [0.5, 0.6) is 0 Å². The van der Waals surface area contributed by atoms with Crippen LogP contribution in [0.1, 0.15) is 31.2 Å². The summed E-state index contributed by atoms with van der Waals surface area (Å²) in [6.45, 7) is 0. The minimum Gasteiger partial charge on any atom is -0.0807 e. The lowest BCUT2D eigenvalue weighted by molar-refractivity contribution is 1.26. The van der Waals surface area contributed by atoms with E-state index in [2.05, 4.69) is 146 Å². The second kappa shape index (κ2) is 12.0. The topological polar surface area (TPSA) is 0 Å². The second-order valence-electron chi connectivity index (χ2n) is 9.10. The largest absolute Gasteiger partial charge is 0.0807 e. The molecule has 0 saturated carbocycles. The van der Waals surface area contributed by atoms with Crippen LogP contribution >= 0.6 is 0 Å². The summed E-state index contributed by atoms with van der Waals surface area (Å²) >= 11 is 0. The number of hydrogen-bond acceptors (Lipinski definition) is 0. The molecule has 0 fully saturated rings. The highest BCUT2D eigenvalue weighted by molar-refractivity contribution is 5.74. The van der Waals surface area contributed by atoms with E-state index in [9.17, 15) is 0 Å². The first-order chi connectivity index (χ1) is 17.9. The highest BCUT2D eigenvalue weighted by Gasteiger charge is 2.09. The fraction of sp³-hybridized carbons (Fsp3) is 0.111. The minimum atomic E-state index is 0.891. The summed E-state index contributed by atoms with van der Waals surface area (Å²) in [7, 11) is 0. The van der Waals surface area contributed by atoms with E-state index in [1.54, 1.807) is 0 Å². The SMILES string of the molecule is C1=CCC=CC(C2=c3ccccc3=C(c3ccc(-c4ccccc4)cc3)CC=CC=CC2)=CCC=C1. The van der Waals surface area contributed by atoms with E-state index in [0.717, 1.165) is 25.7 Å². The van der Waals surface area contributed by atoms with Crippen molar-refractivity contribution < 1.29 is 0 Å². The van der Waals surface area contributed by atoms with Gasteiger partial charge in [-0.05, 0) is 69.5 Å². The summed E-state index contributed by atoms with van der Waals surface area (Å²) in [4.78, 5) is 0. The van der Waals surface area contributed by atoms with Crippen molar-refractivity contribution in [3.63, 3.8) is 0 Å². The van der Waals surface area contributed by atoms with E-state index < -0.39 is 0 Å². The molecular formula is C36H32. The molecule has 2 aliphatic rings. The van der Waals surface area contributed by atoms with Gasteiger partial charge >= 0.3 is 0 Å². The maximum Gasteiger partial charge on any atom is -0.00822 e. The fourth-order valence-electron chi connectivity index (χ4n) is 4.87. The van der Waals surface area contributed by atoms with Crippen molar-refractivity contribution in [3.05, 3.63) is 167 Å². The Hall–Kier alpha value is -4.16. The van der Waals surface area contributed by atoms with Crippen LogP contribution in [0.3, 0.4) is 0 Å². The van der Waals surface area contributed by atoms with Crippen molar-refractivity contribution in [2.24, 2.45) is 0 Å². The molecule has 0 atom stereocenters. The predicted molar refractivity (Wildman–Crippen MR) is 156 cm³/mol. The van der Waals surface area contributed by atoms with Crippen molar-refractivity contribution >= 4 is 11.1 Å². The predicted octanol–water partition coefficient (Wildman–Crippen LogP) is 8.00. The summed E-state index contributed by atoms with van der Waals surface area (Å²) in [6.07, 6.45) is 28.3. The van der Waals surface area contributed by atoms with Crippen LogP contribution in [0.2, 0.25) is 0 Å². The molecule has 176 valence electrons. The van der Waals surface area contributed by atoms with Gasteiger partial charge < -0.3 is 0 Å². The van der Waals surface area contributed by atoms with Crippen LogP contribution in [-0.2, 0) is 0 Å². The van der Waals surface area contributed by atoms with Crippen LogP contribution in [-0.4, -0.2) is 0 Å². The first-order valence-corrected chi connectivity index (χ1v) is 12.9. The van der Waals surface area contributed by atoms with Gasteiger partial charge in [-0.25, -0.2) is 0 Å². The normalized spacial score (nSPS) is 15.9. The van der Waals surface area contributed by atoms with Crippen LogP contribution in [0.4, 0.5) is 0 Å². The van der Waals surface area contributed by atoms with E-state index in [-0.39, 0.29) is 0 Å². The van der Waals surface area contributed by atoms with E-state index in [4.69, 9.17) is 0 Å². The van der Waals surface area contributed by atoms with Gasteiger partial charge in [-0.3, -0.25) is 0 Å². The van der Waals surface area contributed by atoms with Gasteiger partial charge in [0.15, 0.2) is 0 Å². The monoisotopic (exact) mass is 464 g/mol. The zero-order chi connectivity index (χ0) is 24.4. The molecule has 0 saturated heterocycles. The third-order valence-corrected chi connectivity index (χ3v) is 6.72. The summed E-state index contributed by atoms with van der Waals surface area (Å²) in [6, 6.07) is 28.6. The number of rotatable bonds is 3. The van der Waals surface area contributed by atoms with Gasteiger partial charge in [0.2, 0.25) is 0 Å². The Bertz CT molecular complexity index is 1480. The first-order valence-electron chi connectivity index (χ1n) is 12.9. The Kier molecular flexibility index (Phi) is 7.86. The molecule has 0 N–H and O–H groups in total. The number of fused-ring (bicyclic) bond motifs is 1. The number of hydrogen-bond donors (Lipinski definition) is 0. The third kappa shape index (κ3) is 5.73. The Balaban J connectivity index is 1.70. The molecule has 0 aliphatic heterocycles. The van der Waals surface area contributed by atoms with Crippen LogP contribution < -0.4 is 10.4 Å².